The van der Waals surface area contributed by atoms with Crippen LogP contribution in [0.4, 0.5) is 13.2 Å². The molecule has 0 saturated heterocycles. The summed E-state index contributed by atoms with van der Waals surface area (Å²) in [5.41, 5.74) is 0.279. The quantitative estimate of drug-likeness (QED) is 0.876. The summed E-state index contributed by atoms with van der Waals surface area (Å²) in [6, 6.07) is 5.44. The molecule has 108 valence electrons. The van der Waals surface area contributed by atoms with E-state index in [0.29, 0.717) is 0 Å². The summed E-state index contributed by atoms with van der Waals surface area (Å²) in [5.74, 6) is 0.825. The molecule has 0 aromatic heterocycles. The zero-order valence-electron chi connectivity index (χ0n) is 11.6. The molecule has 1 unspecified atom stereocenters. The topological polar surface area (TPSA) is 12.0 Å². The smallest absolute Gasteiger partial charge is 0.312 e. The molecule has 0 bridgehead atoms. The molecule has 0 aliphatic carbocycles. The first-order valence-corrected chi connectivity index (χ1v) is 7.10. The van der Waals surface area contributed by atoms with Crippen LogP contribution in [-0.2, 0) is 6.18 Å². The van der Waals surface area contributed by atoms with Gasteiger partial charge in [0.15, 0.2) is 0 Å². The molecule has 1 nitrogen and oxygen atoms in total. The first kappa shape index (κ1) is 16.4. The third-order valence-corrected chi connectivity index (χ3v) is 4.04. The van der Waals surface area contributed by atoms with Crippen LogP contribution in [0.2, 0.25) is 0 Å². The van der Waals surface area contributed by atoms with Gasteiger partial charge in [-0.05, 0) is 24.7 Å². The summed E-state index contributed by atoms with van der Waals surface area (Å²) < 4.78 is 37.6. The highest BCUT2D eigenvalue weighted by Gasteiger charge is 2.30. The molecule has 1 atom stereocenters. The average molecular weight is 291 g/mol. The van der Waals surface area contributed by atoms with Gasteiger partial charge in [0.1, 0.15) is 0 Å². The minimum absolute atomic E-state index is 0.0616. The van der Waals surface area contributed by atoms with Crippen LogP contribution in [0.1, 0.15) is 37.9 Å². The molecular formula is C14H20F3NS. The SMILES string of the molecule is CNC(CSC(C)(C)C)c1ccc(C(F)(F)F)cc1. The van der Waals surface area contributed by atoms with Crippen LogP contribution in [0.3, 0.4) is 0 Å². The van der Waals surface area contributed by atoms with Crippen LogP contribution in [0.15, 0.2) is 24.3 Å². The van der Waals surface area contributed by atoms with Gasteiger partial charge in [0.05, 0.1) is 5.56 Å². The van der Waals surface area contributed by atoms with E-state index >= 15 is 0 Å². The molecule has 0 saturated carbocycles. The maximum atomic E-state index is 12.5. The number of halogens is 3. The van der Waals surface area contributed by atoms with E-state index in [1.54, 1.807) is 23.9 Å². The first-order chi connectivity index (χ1) is 8.63. The van der Waals surface area contributed by atoms with E-state index in [1.807, 2.05) is 7.05 Å². The van der Waals surface area contributed by atoms with Crippen LogP contribution in [0, 0.1) is 0 Å². The van der Waals surface area contributed by atoms with Gasteiger partial charge in [-0.25, -0.2) is 0 Å². The zero-order chi connectivity index (χ0) is 14.7. The van der Waals surface area contributed by atoms with Gasteiger partial charge >= 0.3 is 6.18 Å². The van der Waals surface area contributed by atoms with Crippen LogP contribution in [0.25, 0.3) is 0 Å². The van der Waals surface area contributed by atoms with Gasteiger partial charge in [-0.3, -0.25) is 0 Å². The van der Waals surface area contributed by atoms with E-state index in [-0.39, 0.29) is 10.8 Å². The lowest BCUT2D eigenvalue weighted by atomic mass is 10.1. The highest BCUT2D eigenvalue weighted by atomic mass is 32.2. The highest BCUT2D eigenvalue weighted by molar-refractivity contribution is 8.00. The Hall–Kier alpha value is -0.680. The Kier molecular flexibility index (Phi) is 5.33. The van der Waals surface area contributed by atoms with E-state index in [1.165, 1.54) is 0 Å². The third kappa shape index (κ3) is 5.45. The fourth-order valence-electron chi connectivity index (χ4n) is 1.58. The molecule has 0 aliphatic heterocycles. The minimum Gasteiger partial charge on any atom is -0.312 e. The summed E-state index contributed by atoms with van der Waals surface area (Å²) in [6.45, 7) is 6.37. The van der Waals surface area contributed by atoms with Crippen molar-refractivity contribution in [1.29, 1.82) is 0 Å². The second kappa shape index (κ2) is 6.18. The largest absolute Gasteiger partial charge is 0.416 e. The van der Waals surface area contributed by atoms with Crippen molar-refractivity contribution in [1.82, 2.24) is 5.32 Å². The zero-order valence-corrected chi connectivity index (χ0v) is 12.5. The Morgan fingerprint density at radius 3 is 2.00 bits per heavy atom. The molecule has 0 heterocycles. The number of benzene rings is 1. The first-order valence-electron chi connectivity index (χ1n) is 6.12. The molecule has 1 aromatic rings. The summed E-state index contributed by atoms with van der Waals surface area (Å²) in [7, 11) is 1.82. The lowest BCUT2D eigenvalue weighted by Gasteiger charge is -2.23. The van der Waals surface area contributed by atoms with E-state index in [0.717, 1.165) is 23.4 Å². The van der Waals surface area contributed by atoms with Crippen LogP contribution in [-0.4, -0.2) is 17.5 Å². The summed E-state index contributed by atoms with van der Waals surface area (Å²) in [4.78, 5) is 0. The summed E-state index contributed by atoms with van der Waals surface area (Å²) in [6.07, 6.45) is -4.27. The van der Waals surface area contributed by atoms with E-state index < -0.39 is 11.7 Å². The number of rotatable bonds is 4. The molecule has 0 spiro atoms. The molecule has 5 heteroatoms. The van der Waals surface area contributed by atoms with Crippen molar-refractivity contribution in [2.24, 2.45) is 0 Å². The normalized spacial score (nSPS) is 14.5. The maximum absolute atomic E-state index is 12.5. The Labute approximate surface area is 117 Å². The van der Waals surface area contributed by atoms with Crippen molar-refractivity contribution in [3.8, 4) is 0 Å². The maximum Gasteiger partial charge on any atom is 0.416 e. The van der Waals surface area contributed by atoms with Crippen LogP contribution < -0.4 is 5.32 Å². The van der Waals surface area contributed by atoms with Crippen LogP contribution >= 0.6 is 11.8 Å². The molecule has 19 heavy (non-hydrogen) atoms. The molecule has 0 aliphatic rings. The van der Waals surface area contributed by atoms with Crippen molar-refractivity contribution in [3.05, 3.63) is 35.4 Å². The van der Waals surface area contributed by atoms with Gasteiger partial charge < -0.3 is 5.32 Å². The molecular weight excluding hydrogens is 271 g/mol. The number of hydrogen-bond donors (Lipinski definition) is 1. The number of alkyl halides is 3. The monoisotopic (exact) mass is 291 g/mol. The number of nitrogens with one attached hydrogen (secondary N) is 1. The Bertz CT molecular complexity index is 393. The van der Waals surface area contributed by atoms with E-state index in [4.69, 9.17) is 0 Å². The van der Waals surface area contributed by atoms with Crippen molar-refractivity contribution >= 4 is 11.8 Å². The van der Waals surface area contributed by atoms with Gasteiger partial charge in [-0.2, -0.15) is 24.9 Å². The fourth-order valence-corrected chi connectivity index (χ4v) is 2.61. The molecule has 1 N–H and O–H groups in total. The van der Waals surface area contributed by atoms with Gasteiger partial charge in [0.2, 0.25) is 0 Å². The lowest BCUT2D eigenvalue weighted by molar-refractivity contribution is -0.137. The van der Waals surface area contributed by atoms with Gasteiger partial charge in [0.25, 0.3) is 0 Å². The van der Waals surface area contributed by atoms with Crippen molar-refractivity contribution in [3.63, 3.8) is 0 Å². The second-order valence-electron chi connectivity index (χ2n) is 5.38. The Morgan fingerprint density at radius 2 is 1.63 bits per heavy atom. The lowest BCUT2D eigenvalue weighted by Crippen LogP contribution is -2.22. The summed E-state index contributed by atoms with van der Waals surface area (Å²) in [5, 5.41) is 3.15. The summed E-state index contributed by atoms with van der Waals surface area (Å²) >= 11 is 1.79. The van der Waals surface area contributed by atoms with Crippen LogP contribution in [0.5, 0.6) is 0 Å². The standard InChI is InChI=1S/C14H20F3NS/c1-13(2,3)19-9-12(18-4)10-5-7-11(8-6-10)14(15,16)17/h5-8,12,18H,9H2,1-4H3. The van der Waals surface area contributed by atoms with Crippen molar-refractivity contribution < 1.29 is 13.2 Å². The van der Waals surface area contributed by atoms with E-state index in [2.05, 4.69) is 26.1 Å². The number of hydrogen-bond acceptors (Lipinski definition) is 2. The predicted octanol–water partition coefficient (Wildman–Crippen LogP) is 4.50. The molecule has 1 aromatic carbocycles. The second-order valence-corrected chi connectivity index (χ2v) is 7.23. The molecule has 0 radical (unpaired) electrons. The van der Waals surface area contributed by atoms with Crippen molar-refractivity contribution in [2.45, 2.75) is 37.7 Å². The average Bonchev–Trinajstić information content (AvgIpc) is 2.28. The molecule has 1 rings (SSSR count). The van der Waals surface area contributed by atoms with Gasteiger partial charge in [-0.1, -0.05) is 32.9 Å². The molecule has 0 fully saturated rings. The Morgan fingerprint density at radius 1 is 1.11 bits per heavy atom. The van der Waals surface area contributed by atoms with Gasteiger partial charge in [-0.15, -0.1) is 0 Å². The van der Waals surface area contributed by atoms with Crippen molar-refractivity contribution in [2.75, 3.05) is 12.8 Å². The number of thioether (sulfide) groups is 1. The van der Waals surface area contributed by atoms with E-state index in [9.17, 15) is 13.2 Å². The predicted molar refractivity (Wildman–Crippen MR) is 75.5 cm³/mol. The third-order valence-electron chi connectivity index (χ3n) is 2.67. The molecule has 0 amide bonds. The Balaban J connectivity index is 2.77. The fraction of sp³-hybridized carbons (Fsp3) is 0.571. The highest BCUT2D eigenvalue weighted by Crippen LogP contribution is 2.31. The minimum atomic E-state index is -4.27. The van der Waals surface area contributed by atoms with Gasteiger partial charge in [0, 0.05) is 16.5 Å².